The number of halogens is 2. The lowest BCUT2D eigenvalue weighted by Gasteiger charge is -2.18. The molecular formula is C18H25FIN5O3S. The molecule has 1 aromatic heterocycles. The van der Waals surface area contributed by atoms with Gasteiger partial charge in [0.15, 0.2) is 5.96 Å². The number of hydrogen-bond donors (Lipinski definition) is 3. The van der Waals surface area contributed by atoms with Gasteiger partial charge < -0.3 is 15.4 Å². The topological polar surface area (TPSA) is 105 Å². The van der Waals surface area contributed by atoms with Crippen LogP contribution in [0.2, 0.25) is 0 Å². The zero-order valence-electron chi connectivity index (χ0n) is 16.1. The number of rotatable bonds is 9. The summed E-state index contributed by atoms with van der Waals surface area (Å²) >= 11 is 0. The monoisotopic (exact) mass is 537 g/mol. The minimum Gasteiger partial charge on any atom is -0.489 e. The summed E-state index contributed by atoms with van der Waals surface area (Å²) in [6.07, 6.45) is 2.57. The summed E-state index contributed by atoms with van der Waals surface area (Å²) in [5.41, 5.74) is 0. The molecule has 29 heavy (non-hydrogen) atoms. The van der Waals surface area contributed by atoms with E-state index in [1.54, 1.807) is 25.2 Å². The molecule has 8 nitrogen and oxygen atoms in total. The van der Waals surface area contributed by atoms with Crippen molar-refractivity contribution in [3.05, 3.63) is 54.6 Å². The molecule has 1 atom stereocenters. The predicted octanol–water partition coefficient (Wildman–Crippen LogP) is 1.75. The lowest BCUT2D eigenvalue weighted by atomic mass is 10.3. The van der Waals surface area contributed by atoms with Crippen LogP contribution in [-0.2, 0) is 10.0 Å². The minimum absolute atomic E-state index is 0. The van der Waals surface area contributed by atoms with Gasteiger partial charge >= 0.3 is 0 Å². The van der Waals surface area contributed by atoms with Crippen LogP contribution < -0.4 is 20.1 Å². The quantitative estimate of drug-likeness (QED) is 0.195. The molecule has 0 bridgehead atoms. The third kappa shape index (κ3) is 8.92. The molecule has 0 aliphatic heterocycles. The van der Waals surface area contributed by atoms with Gasteiger partial charge in [0.25, 0.3) is 0 Å². The molecule has 1 aromatic carbocycles. The molecule has 0 amide bonds. The molecule has 11 heteroatoms. The molecule has 0 spiro atoms. The van der Waals surface area contributed by atoms with Gasteiger partial charge in [-0.3, -0.25) is 9.98 Å². The lowest BCUT2D eigenvalue weighted by molar-refractivity contribution is 0.223. The third-order valence-corrected chi connectivity index (χ3v) is 5.01. The van der Waals surface area contributed by atoms with E-state index in [0.717, 1.165) is 0 Å². The van der Waals surface area contributed by atoms with E-state index >= 15 is 0 Å². The number of sulfonamides is 1. The molecule has 1 unspecified atom stereocenters. The van der Waals surface area contributed by atoms with Gasteiger partial charge in [-0.05, 0) is 31.2 Å². The summed E-state index contributed by atoms with van der Waals surface area (Å²) in [5, 5.41) is 6.07. The van der Waals surface area contributed by atoms with Crippen molar-refractivity contribution in [1.82, 2.24) is 20.3 Å². The van der Waals surface area contributed by atoms with Crippen molar-refractivity contribution >= 4 is 40.0 Å². The normalized spacial score (nSPS) is 12.6. The molecule has 2 rings (SSSR count). The van der Waals surface area contributed by atoms with Crippen LogP contribution in [0.4, 0.5) is 4.39 Å². The van der Waals surface area contributed by atoms with Gasteiger partial charge in [0.2, 0.25) is 10.0 Å². The van der Waals surface area contributed by atoms with Crippen LogP contribution >= 0.6 is 24.0 Å². The van der Waals surface area contributed by atoms with Gasteiger partial charge in [-0.1, -0.05) is 6.07 Å². The molecule has 0 aliphatic rings. The first kappa shape index (κ1) is 25.0. The maximum absolute atomic E-state index is 13.2. The summed E-state index contributed by atoms with van der Waals surface area (Å²) in [7, 11) is -1.99. The summed E-state index contributed by atoms with van der Waals surface area (Å²) in [4.78, 5) is 7.98. The first-order chi connectivity index (χ1) is 13.4. The average Bonchev–Trinajstić information content (AvgIpc) is 2.68. The van der Waals surface area contributed by atoms with Gasteiger partial charge in [0.1, 0.15) is 22.6 Å². The fourth-order valence-electron chi connectivity index (χ4n) is 2.23. The van der Waals surface area contributed by atoms with Gasteiger partial charge in [-0.15, -0.1) is 24.0 Å². The van der Waals surface area contributed by atoms with E-state index < -0.39 is 10.0 Å². The Balaban J connectivity index is 0.00000420. The highest BCUT2D eigenvalue weighted by Crippen LogP contribution is 2.13. The Bertz CT molecular complexity index is 884. The number of guanidine groups is 1. The van der Waals surface area contributed by atoms with Crippen LogP contribution in [0.1, 0.15) is 6.92 Å². The molecule has 3 N–H and O–H groups in total. The van der Waals surface area contributed by atoms with Crippen molar-refractivity contribution < 1.29 is 17.5 Å². The standard InChI is InChI=1S/C18H24FN5O3S.HI/c1-14(27-16-6-3-5-15(19)11-16)12-23-18(20-2)22-9-10-24-28(25,26)17-7-4-8-21-13-17;/h3-8,11,13-14,24H,9-10,12H2,1-2H3,(H2,20,22,23);1H. The van der Waals surface area contributed by atoms with Crippen LogP contribution in [0.5, 0.6) is 5.75 Å². The van der Waals surface area contributed by atoms with Crippen molar-refractivity contribution in [1.29, 1.82) is 0 Å². The molecule has 2 aromatic rings. The molecule has 1 heterocycles. The zero-order valence-corrected chi connectivity index (χ0v) is 19.3. The number of benzene rings is 1. The van der Waals surface area contributed by atoms with Crippen molar-refractivity contribution in [3.63, 3.8) is 0 Å². The van der Waals surface area contributed by atoms with E-state index in [1.807, 2.05) is 6.92 Å². The number of nitrogens with one attached hydrogen (secondary N) is 3. The van der Waals surface area contributed by atoms with Gasteiger partial charge in [-0.2, -0.15) is 0 Å². The number of ether oxygens (including phenoxy) is 1. The molecule has 0 radical (unpaired) electrons. The fourth-order valence-corrected chi connectivity index (χ4v) is 3.23. The maximum atomic E-state index is 13.2. The summed E-state index contributed by atoms with van der Waals surface area (Å²) in [5.74, 6) is 0.584. The first-order valence-corrected chi connectivity index (χ1v) is 10.2. The Labute approximate surface area is 187 Å². The Morgan fingerprint density at radius 1 is 1.24 bits per heavy atom. The van der Waals surface area contributed by atoms with Gasteiger partial charge in [0, 0.05) is 38.6 Å². The van der Waals surface area contributed by atoms with Crippen molar-refractivity contribution in [2.75, 3.05) is 26.7 Å². The highest BCUT2D eigenvalue weighted by atomic mass is 127. The van der Waals surface area contributed by atoms with E-state index in [9.17, 15) is 12.8 Å². The molecule has 0 fully saturated rings. The fraction of sp³-hybridized carbons (Fsp3) is 0.333. The van der Waals surface area contributed by atoms with E-state index in [4.69, 9.17) is 4.74 Å². The van der Waals surface area contributed by atoms with E-state index in [0.29, 0.717) is 24.8 Å². The van der Waals surface area contributed by atoms with Crippen LogP contribution in [0, 0.1) is 5.82 Å². The summed E-state index contributed by atoms with van der Waals surface area (Å²) < 4.78 is 45.5. The largest absolute Gasteiger partial charge is 0.489 e. The zero-order chi connectivity index (χ0) is 20.4. The smallest absolute Gasteiger partial charge is 0.242 e. The Hall–Kier alpha value is -1.99. The van der Waals surface area contributed by atoms with Gasteiger partial charge in [0.05, 0.1) is 6.54 Å². The molecular weight excluding hydrogens is 512 g/mol. The predicted molar refractivity (Wildman–Crippen MR) is 121 cm³/mol. The van der Waals surface area contributed by atoms with Crippen LogP contribution in [0.15, 0.2) is 58.7 Å². The second kappa shape index (κ2) is 12.5. The molecule has 0 saturated carbocycles. The van der Waals surface area contributed by atoms with Crippen molar-refractivity contribution in [3.8, 4) is 5.75 Å². The second-order valence-electron chi connectivity index (χ2n) is 5.85. The third-order valence-electron chi connectivity index (χ3n) is 3.57. The number of aromatic nitrogens is 1. The second-order valence-corrected chi connectivity index (χ2v) is 7.62. The van der Waals surface area contributed by atoms with E-state index in [1.165, 1.54) is 30.6 Å². The van der Waals surface area contributed by atoms with Crippen molar-refractivity contribution in [2.45, 2.75) is 17.9 Å². The summed E-state index contributed by atoms with van der Waals surface area (Å²) in [6, 6.07) is 8.97. The van der Waals surface area contributed by atoms with Crippen LogP contribution in [0.3, 0.4) is 0 Å². The molecule has 160 valence electrons. The highest BCUT2D eigenvalue weighted by Gasteiger charge is 2.13. The average molecular weight is 537 g/mol. The number of pyridine rings is 1. The van der Waals surface area contributed by atoms with E-state index in [-0.39, 0.29) is 47.3 Å². The Kier molecular flexibility index (Phi) is 10.8. The summed E-state index contributed by atoms with van der Waals surface area (Å²) in [6.45, 7) is 2.77. The SMILES string of the molecule is CN=C(NCCNS(=O)(=O)c1cccnc1)NCC(C)Oc1cccc(F)c1.I. The Morgan fingerprint density at radius 3 is 2.69 bits per heavy atom. The molecule has 0 saturated heterocycles. The van der Waals surface area contributed by atoms with Crippen molar-refractivity contribution in [2.24, 2.45) is 4.99 Å². The maximum Gasteiger partial charge on any atom is 0.242 e. The number of nitrogens with zero attached hydrogens (tertiary/aromatic N) is 2. The Morgan fingerprint density at radius 2 is 2.03 bits per heavy atom. The minimum atomic E-state index is -3.59. The number of aliphatic imine (C=N–C) groups is 1. The highest BCUT2D eigenvalue weighted by molar-refractivity contribution is 14.0. The molecule has 0 aliphatic carbocycles. The number of hydrogen-bond acceptors (Lipinski definition) is 5. The lowest BCUT2D eigenvalue weighted by Crippen LogP contribution is -2.44. The van der Waals surface area contributed by atoms with Crippen LogP contribution in [-0.4, -0.2) is 52.1 Å². The first-order valence-electron chi connectivity index (χ1n) is 8.67. The van der Waals surface area contributed by atoms with E-state index in [2.05, 4.69) is 25.3 Å². The van der Waals surface area contributed by atoms with Crippen LogP contribution in [0.25, 0.3) is 0 Å². The van der Waals surface area contributed by atoms with Gasteiger partial charge in [-0.25, -0.2) is 17.5 Å².